The summed E-state index contributed by atoms with van der Waals surface area (Å²) in [6.45, 7) is 4.25. The van der Waals surface area contributed by atoms with Gasteiger partial charge in [0.25, 0.3) is 5.89 Å². The van der Waals surface area contributed by atoms with Gasteiger partial charge in [-0.3, -0.25) is 4.79 Å². The summed E-state index contributed by atoms with van der Waals surface area (Å²) in [6, 6.07) is 0. The van der Waals surface area contributed by atoms with Crippen LogP contribution in [0, 0.1) is 5.92 Å². The van der Waals surface area contributed by atoms with Gasteiger partial charge in [-0.25, -0.2) is 0 Å². The lowest BCUT2D eigenvalue weighted by atomic mass is 10.1. The van der Waals surface area contributed by atoms with Gasteiger partial charge in [-0.1, -0.05) is 19.0 Å². The van der Waals surface area contributed by atoms with Crippen molar-refractivity contribution in [3.63, 3.8) is 0 Å². The van der Waals surface area contributed by atoms with Crippen molar-refractivity contribution >= 4 is 6.29 Å². The Morgan fingerprint density at radius 2 is 2.33 bits per heavy atom. The minimum atomic E-state index is 0.0637. The highest BCUT2D eigenvalue weighted by Gasteiger charge is 2.04. The van der Waals surface area contributed by atoms with E-state index in [0.29, 0.717) is 18.0 Å². The van der Waals surface area contributed by atoms with Gasteiger partial charge in [0.2, 0.25) is 6.29 Å². The molecule has 1 aromatic heterocycles. The molecule has 0 spiro atoms. The highest BCUT2D eigenvalue weighted by Crippen LogP contribution is 2.05. The fraction of sp³-hybridized carbons (Fsp3) is 0.625. The van der Waals surface area contributed by atoms with Crippen molar-refractivity contribution in [1.82, 2.24) is 10.1 Å². The van der Waals surface area contributed by atoms with Crippen molar-refractivity contribution < 1.29 is 9.32 Å². The summed E-state index contributed by atoms with van der Waals surface area (Å²) >= 11 is 0. The van der Waals surface area contributed by atoms with Gasteiger partial charge in [0.15, 0.2) is 5.82 Å². The molecule has 0 aromatic carbocycles. The van der Waals surface area contributed by atoms with Crippen molar-refractivity contribution in [2.75, 3.05) is 0 Å². The first-order valence-electron chi connectivity index (χ1n) is 4.00. The Morgan fingerprint density at radius 1 is 1.58 bits per heavy atom. The maximum Gasteiger partial charge on any atom is 0.290 e. The lowest BCUT2D eigenvalue weighted by molar-refractivity contribution is 0.108. The van der Waals surface area contributed by atoms with E-state index in [4.69, 9.17) is 0 Å². The molecule has 4 heteroatoms. The summed E-state index contributed by atoms with van der Waals surface area (Å²) in [6.07, 6.45) is 2.35. The number of carbonyl (C=O) groups is 1. The minimum Gasteiger partial charge on any atom is -0.331 e. The predicted molar refractivity (Wildman–Crippen MR) is 42.8 cm³/mol. The second-order valence-corrected chi connectivity index (χ2v) is 3.10. The van der Waals surface area contributed by atoms with Crippen LogP contribution in [-0.2, 0) is 6.42 Å². The Kier molecular flexibility index (Phi) is 2.96. The molecule has 4 nitrogen and oxygen atoms in total. The van der Waals surface area contributed by atoms with Crippen LogP contribution in [0.2, 0.25) is 0 Å². The number of hydrogen-bond acceptors (Lipinski definition) is 4. The molecular weight excluding hydrogens is 156 g/mol. The maximum atomic E-state index is 10.2. The van der Waals surface area contributed by atoms with E-state index in [2.05, 4.69) is 28.5 Å². The first-order valence-corrected chi connectivity index (χ1v) is 4.00. The molecule has 0 aliphatic heterocycles. The summed E-state index contributed by atoms with van der Waals surface area (Å²) in [5, 5.41) is 3.64. The zero-order valence-electron chi connectivity index (χ0n) is 7.28. The molecule has 1 aromatic rings. The number of rotatable bonds is 4. The zero-order valence-corrected chi connectivity index (χ0v) is 7.28. The van der Waals surface area contributed by atoms with Gasteiger partial charge in [-0.2, -0.15) is 4.98 Å². The number of aryl methyl sites for hydroxylation is 1. The Labute approximate surface area is 71.0 Å². The largest absolute Gasteiger partial charge is 0.331 e. The number of nitrogens with zero attached hydrogens (tertiary/aromatic N) is 2. The molecule has 0 radical (unpaired) electrons. The van der Waals surface area contributed by atoms with Crippen LogP contribution in [0.3, 0.4) is 0 Å². The quantitative estimate of drug-likeness (QED) is 0.639. The molecule has 0 atom stereocenters. The molecule has 0 unspecified atom stereocenters. The molecule has 1 heterocycles. The Bertz CT molecular complexity index is 255. The van der Waals surface area contributed by atoms with Gasteiger partial charge in [-0.05, 0) is 12.3 Å². The van der Waals surface area contributed by atoms with E-state index in [-0.39, 0.29) is 5.89 Å². The molecule has 0 fully saturated rings. The van der Waals surface area contributed by atoms with E-state index in [0.717, 1.165) is 12.8 Å². The van der Waals surface area contributed by atoms with E-state index >= 15 is 0 Å². The van der Waals surface area contributed by atoms with Gasteiger partial charge in [0.05, 0.1) is 0 Å². The average Bonchev–Trinajstić information content (AvgIpc) is 2.48. The van der Waals surface area contributed by atoms with Crippen molar-refractivity contribution in [3.8, 4) is 0 Å². The van der Waals surface area contributed by atoms with Crippen LogP contribution in [0.15, 0.2) is 4.52 Å². The molecule has 12 heavy (non-hydrogen) atoms. The first kappa shape index (κ1) is 8.90. The van der Waals surface area contributed by atoms with E-state index in [1.807, 2.05) is 0 Å². The van der Waals surface area contributed by atoms with Gasteiger partial charge < -0.3 is 4.52 Å². The number of carbonyl (C=O) groups excluding carboxylic acids is 1. The number of hydrogen-bond donors (Lipinski definition) is 0. The van der Waals surface area contributed by atoms with Crippen LogP contribution in [-0.4, -0.2) is 16.4 Å². The average molecular weight is 168 g/mol. The first-order chi connectivity index (χ1) is 5.72. The van der Waals surface area contributed by atoms with Crippen LogP contribution < -0.4 is 0 Å². The van der Waals surface area contributed by atoms with E-state index in [1.54, 1.807) is 0 Å². The highest BCUT2D eigenvalue weighted by molar-refractivity contribution is 5.66. The van der Waals surface area contributed by atoms with Gasteiger partial charge >= 0.3 is 0 Å². The number of aromatic nitrogens is 2. The fourth-order valence-corrected chi connectivity index (χ4v) is 0.835. The normalized spacial score (nSPS) is 10.6. The van der Waals surface area contributed by atoms with Crippen molar-refractivity contribution in [2.45, 2.75) is 26.7 Å². The lowest BCUT2D eigenvalue weighted by Crippen LogP contribution is -1.94. The molecule has 0 amide bonds. The Morgan fingerprint density at radius 3 is 2.83 bits per heavy atom. The fourth-order valence-electron chi connectivity index (χ4n) is 0.835. The lowest BCUT2D eigenvalue weighted by Gasteiger charge is -1.98. The van der Waals surface area contributed by atoms with Gasteiger partial charge in [-0.15, -0.1) is 0 Å². The molecule has 66 valence electrons. The Hall–Kier alpha value is -1.19. The summed E-state index contributed by atoms with van der Waals surface area (Å²) in [5.74, 6) is 1.29. The maximum absolute atomic E-state index is 10.2. The summed E-state index contributed by atoms with van der Waals surface area (Å²) in [4.78, 5) is 14.0. The van der Waals surface area contributed by atoms with Crippen molar-refractivity contribution in [1.29, 1.82) is 0 Å². The molecule has 0 saturated heterocycles. The van der Waals surface area contributed by atoms with Crippen molar-refractivity contribution in [3.05, 3.63) is 11.7 Å². The summed E-state index contributed by atoms with van der Waals surface area (Å²) in [7, 11) is 0. The van der Waals surface area contributed by atoms with Gasteiger partial charge in [0.1, 0.15) is 0 Å². The second-order valence-electron chi connectivity index (χ2n) is 3.10. The van der Waals surface area contributed by atoms with E-state index in [1.165, 1.54) is 0 Å². The smallest absolute Gasteiger partial charge is 0.290 e. The third-order valence-electron chi connectivity index (χ3n) is 1.53. The molecule has 0 aliphatic rings. The van der Waals surface area contributed by atoms with Crippen LogP contribution >= 0.6 is 0 Å². The molecule has 0 aliphatic carbocycles. The molecule has 0 N–H and O–H groups in total. The van der Waals surface area contributed by atoms with E-state index in [9.17, 15) is 4.79 Å². The molecular formula is C8H12N2O2. The predicted octanol–water partition coefficient (Wildman–Crippen LogP) is 1.47. The van der Waals surface area contributed by atoms with Gasteiger partial charge in [0, 0.05) is 6.42 Å². The van der Waals surface area contributed by atoms with Crippen LogP contribution in [0.25, 0.3) is 0 Å². The summed E-state index contributed by atoms with van der Waals surface area (Å²) in [5.41, 5.74) is 0. The second kappa shape index (κ2) is 3.99. The van der Waals surface area contributed by atoms with Crippen LogP contribution in [0.4, 0.5) is 0 Å². The monoisotopic (exact) mass is 168 g/mol. The van der Waals surface area contributed by atoms with E-state index < -0.39 is 0 Å². The third-order valence-corrected chi connectivity index (χ3v) is 1.53. The van der Waals surface area contributed by atoms with Crippen LogP contribution in [0.5, 0.6) is 0 Å². The topological polar surface area (TPSA) is 56.0 Å². The van der Waals surface area contributed by atoms with Crippen LogP contribution in [0.1, 0.15) is 36.8 Å². The molecule has 0 bridgehead atoms. The number of aldehydes is 1. The molecule has 0 saturated carbocycles. The van der Waals surface area contributed by atoms with Crippen molar-refractivity contribution in [2.24, 2.45) is 5.92 Å². The summed E-state index contributed by atoms with van der Waals surface area (Å²) < 4.78 is 4.62. The highest BCUT2D eigenvalue weighted by atomic mass is 16.5. The Balaban J connectivity index is 2.47. The third kappa shape index (κ3) is 2.45. The standard InChI is InChI=1S/C8H12N2O2/c1-6(2)3-4-7-9-8(5-11)12-10-7/h5-6H,3-4H2,1-2H3. The minimum absolute atomic E-state index is 0.0637. The zero-order chi connectivity index (χ0) is 8.97. The molecule has 1 rings (SSSR count). The SMILES string of the molecule is CC(C)CCc1noc(C=O)n1.